The summed E-state index contributed by atoms with van der Waals surface area (Å²) in [6.45, 7) is 0.681. The maximum atomic E-state index is 12.7. The molecule has 0 radical (unpaired) electrons. The topological polar surface area (TPSA) is 81.9 Å². The zero-order valence-corrected chi connectivity index (χ0v) is 19.7. The highest BCUT2D eigenvalue weighted by molar-refractivity contribution is 7.99. The van der Waals surface area contributed by atoms with Crippen molar-refractivity contribution in [3.05, 3.63) is 96.1 Å². The van der Waals surface area contributed by atoms with Gasteiger partial charge >= 0.3 is 0 Å². The van der Waals surface area contributed by atoms with E-state index in [2.05, 4.69) is 22.3 Å². The second-order valence-corrected chi connectivity index (χ2v) is 10.5. The molecule has 0 N–H and O–H groups in total. The van der Waals surface area contributed by atoms with Crippen molar-refractivity contribution in [2.75, 3.05) is 12.0 Å². The Morgan fingerprint density at radius 2 is 1.52 bits per heavy atom. The lowest BCUT2D eigenvalue weighted by atomic mass is 10.1. The summed E-state index contributed by atoms with van der Waals surface area (Å²) in [5.74, 6) is 0.842. The number of aryl methyl sites for hydroxylation is 1. The number of hydrogen-bond acceptors (Lipinski definition) is 6. The van der Waals surface area contributed by atoms with Gasteiger partial charge in [-0.1, -0.05) is 84.6 Å². The van der Waals surface area contributed by atoms with E-state index in [4.69, 9.17) is 0 Å². The van der Waals surface area contributed by atoms with Crippen LogP contribution in [0.4, 0.5) is 0 Å². The Labute approximate surface area is 197 Å². The molecular formula is C25H23N3O3S2. The Morgan fingerprint density at radius 3 is 2.15 bits per heavy atom. The molecule has 0 atom stereocenters. The molecule has 1 aromatic heterocycles. The van der Waals surface area contributed by atoms with E-state index >= 15 is 0 Å². The van der Waals surface area contributed by atoms with Gasteiger partial charge in [-0.25, -0.2) is 8.42 Å². The van der Waals surface area contributed by atoms with Crippen LogP contribution in [0.2, 0.25) is 0 Å². The van der Waals surface area contributed by atoms with E-state index in [0.29, 0.717) is 17.3 Å². The molecule has 4 rings (SSSR count). The van der Waals surface area contributed by atoms with Gasteiger partial charge in [-0.15, -0.1) is 10.2 Å². The number of benzene rings is 3. The van der Waals surface area contributed by atoms with Crippen LogP contribution in [0.5, 0.6) is 0 Å². The molecule has 4 aromatic rings. The minimum Gasteiger partial charge on any atom is -0.302 e. The molecule has 0 aliphatic heterocycles. The van der Waals surface area contributed by atoms with Gasteiger partial charge in [0.1, 0.15) is 0 Å². The van der Waals surface area contributed by atoms with Gasteiger partial charge < -0.3 is 4.57 Å². The van der Waals surface area contributed by atoms with Gasteiger partial charge in [0.25, 0.3) is 0 Å². The average Bonchev–Trinajstić information content (AvgIpc) is 3.24. The Hall–Kier alpha value is -3.23. The van der Waals surface area contributed by atoms with Crippen molar-refractivity contribution in [2.24, 2.45) is 0 Å². The second-order valence-electron chi connectivity index (χ2n) is 7.57. The van der Waals surface area contributed by atoms with Crippen LogP contribution in [0.25, 0.3) is 11.4 Å². The Morgan fingerprint density at radius 1 is 0.879 bits per heavy atom. The van der Waals surface area contributed by atoms with Crippen LogP contribution in [0.1, 0.15) is 15.9 Å². The minimum atomic E-state index is -3.30. The lowest BCUT2D eigenvalue weighted by Gasteiger charge is -2.10. The summed E-state index contributed by atoms with van der Waals surface area (Å²) in [6, 6.07) is 26.1. The fraction of sp³-hybridized carbons (Fsp3) is 0.160. The molecule has 8 heteroatoms. The van der Waals surface area contributed by atoms with Crippen molar-refractivity contribution in [3.8, 4) is 11.4 Å². The average molecular weight is 478 g/mol. The van der Waals surface area contributed by atoms with Gasteiger partial charge in [-0.2, -0.15) is 0 Å². The zero-order valence-electron chi connectivity index (χ0n) is 18.1. The molecule has 0 unspecified atom stereocenters. The maximum Gasteiger partial charge on any atom is 0.191 e. The van der Waals surface area contributed by atoms with Gasteiger partial charge in [-0.3, -0.25) is 4.79 Å². The molecule has 6 nitrogen and oxygen atoms in total. The number of rotatable bonds is 9. The lowest BCUT2D eigenvalue weighted by Crippen LogP contribution is -2.08. The van der Waals surface area contributed by atoms with E-state index in [1.807, 2.05) is 53.1 Å². The van der Waals surface area contributed by atoms with E-state index in [1.54, 1.807) is 12.1 Å². The first kappa shape index (κ1) is 22.9. The number of ketones is 1. The third-order valence-electron chi connectivity index (χ3n) is 5.15. The number of aromatic nitrogens is 3. The van der Waals surface area contributed by atoms with E-state index in [1.165, 1.54) is 29.5 Å². The maximum absolute atomic E-state index is 12.7. The van der Waals surface area contributed by atoms with Crippen LogP contribution in [-0.2, 0) is 22.8 Å². The quantitative estimate of drug-likeness (QED) is 0.260. The van der Waals surface area contributed by atoms with Crippen molar-refractivity contribution in [2.45, 2.75) is 23.0 Å². The third-order valence-corrected chi connectivity index (χ3v) is 7.25. The van der Waals surface area contributed by atoms with Crippen molar-refractivity contribution >= 4 is 27.4 Å². The summed E-state index contributed by atoms with van der Waals surface area (Å²) in [4.78, 5) is 12.9. The number of thioether (sulfide) groups is 1. The Bertz CT molecular complexity index is 1330. The summed E-state index contributed by atoms with van der Waals surface area (Å²) in [7, 11) is -3.30. The molecule has 168 valence electrons. The molecule has 0 spiro atoms. The van der Waals surface area contributed by atoms with Crippen LogP contribution < -0.4 is 0 Å². The number of hydrogen-bond donors (Lipinski definition) is 0. The normalized spacial score (nSPS) is 11.4. The van der Waals surface area contributed by atoms with Gasteiger partial charge in [-0.05, 0) is 24.1 Å². The smallest absolute Gasteiger partial charge is 0.191 e. The molecule has 0 saturated carbocycles. The third kappa shape index (κ3) is 5.77. The highest BCUT2D eigenvalue weighted by Crippen LogP contribution is 2.25. The molecule has 0 fully saturated rings. The second kappa shape index (κ2) is 10.1. The molecule has 1 heterocycles. The number of Topliss-reactive ketones (excluding diaryl/α,β-unsaturated/α-hetero) is 1. The first-order valence-electron chi connectivity index (χ1n) is 10.4. The number of carbonyl (C=O) groups excluding carboxylic acids is 1. The number of carbonyl (C=O) groups is 1. The Kier molecular flexibility index (Phi) is 7.05. The van der Waals surface area contributed by atoms with Crippen LogP contribution in [0.15, 0.2) is 95.0 Å². The molecule has 33 heavy (non-hydrogen) atoms. The van der Waals surface area contributed by atoms with Gasteiger partial charge in [0.15, 0.2) is 26.6 Å². The summed E-state index contributed by atoms with van der Waals surface area (Å²) in [6.07, 6.45) is 1.96. The minimum absolute atomic E-state index is 0.0982. The van der Waals surface area contributed by atoms with Crippen molar-refractivity contribution < 1.29 is 13.2 Å². The van der Waals surface area contributed by atoms with Crippen LogP contribution in [-0.4, -0.2) is 41.0 Å². The van der Waals surface area contributed by atoms with Gasteiger partial charge in [0.2, 0.25) is 0 Å². The van der Waals surface area contributed by atoms with Gasteiger partial charge in [0, 0.05) is 23.9 Å². The first-order valence-corrected chi connectivity index (χ1v) is 13.3. The van der Waals surface area contributed by atoms with E-state index in [-0.39, 0.29) is 16.4 Å². The van der Waals surface area contributed by atoms with Crippen LogP contribution in [0.3, 0.4) is 0 Å². The summed E-state index contributed by atoms with van der Waals surface area (Å²) in [5, 5.41) is 9.44. The Balaban J connectivity index is 1.53. The highest BCUT2D eigenvalue weighted by Gasteiger charge is 2.17. The van der Waals surface area contributed by atoms with Crippen LogP contribution >= 0.6 is 11.8 Å². The monoisotopic (exact) mass is 477 g/mol. The standard InChI is InChI=1S/C25H23N3O3S2/c1-33(30,31)22-14-12-20(13-15-22)23(29)18-32-25-27-26-24(21-10-6-3-7-11-21)28(25)17-16-19-8-4-2-5-9-19/h2-15H,16-18H2,1H3. The van der Waals surface area contributed by atoms with Gasteiger partial charge in [0.05, 0.1) is 10.6 Å². The zero-order chi connectivity index (χ0) is 23.3. The lowest BCUT2D eigenvalue weighted by molar-refractivity contribution is 0.102. The number of sulfone groups is 1. The molecule has 0 aliphatic carbocycles. The van der Waals surface area contributed by atoms with Crippen molar-refractivity contribution in [3.63, 3.8) is 0 Å². The number of nitrogens with zero attached hydrogens (tertiary/aromatic N) is 3. The van der Waals surface area contributed by atoms with Crippen molar-refractivity contribution in [1.29, 1.82) is 0 Å². The summed E-state index contributed by atoms with van der Waals surface area (Å²) < 4.78 is 25.3. The molecule has 0 bridgehead atoms. The van der Waals surface area contributed by atoms with Crippen LogP contribution in [0, 0.1) is 0 Å². The van der Waals surface area contributed by atoms with Crippen molar-refractivity contribution in [1.82, 2.24) is 14.8 Å². The molecule has 0 saturated heterocycles. The van der Waals surface area contributed by atoms with E-state index < -0.39 is 9.84 Å². The molecule has 3 aromatic carbocycles. The summed E-state index contributed by atoms with van der Waals surface area (Å²) in [5.41, 5.74) is 2.64. The fourth-order valence-corrected chi connectivity index (χ4v) is 4.87. The molecular weight excluding hydrogens is 454 g/mol. The SMILES string of the molecule is CS(=O)(=O)c1ccc(C(=O)CSc2nnc(-c3ccccc3)n2CCc2ccccc2)cc1. The molecule has 0 amide bonds. The highest BCUT2D eigenvalue weighted by atomic mass is 32.2. The first-order chi connectivity index (χ1) is 15.9. The fourth-order valence-electron chi connectivity index (χ4n) is 3.38. The largest absolute Gasteiger partial charge is 0.302 e. The van der Waals surface area contributed by atoms with E-state index in [0.717, 1.165) is 24.1 Å². The summed E-state index contributed by atoms with van der Waals surface area (Å²) >= 11 is 1.33. The predicted octanol–water partition coefficient (Wildman–Crippen LogP) is 4.57. The predicted molar refractivity (Wildman–Crippen MR) is 130 cm³/mol. The molecule has 0 aliphatic rings. The van der Waals surface area contributed by atoms with E-state index in [9.17, 15) is 13.2 Å².